The Morgan fingerprint density at radius 1 is 1.08 bits per heavy atom. The van der Waals surface area contributed by atoms with Crippen LogP contribution in [0.5, 0.6) is 11.5 Å². The molecule has 1 fully saturated rings. The van der Waals surface area contributed by atoms with Crippen molar-refractivity contribution in [3.05, 3.63) is 46.8 Å². The van der Waals surface area contributed by atoms with Gasteiger partial charge in [-0.1, -0.05) is 6.08 Å². The molecule has 194 valence electrons. The molecule has 7 nitrogen and oxygen atoms in total. The summed E-state index contributed by atoms with van der Waals surface area (Å²) in [5.74, 6) is 2.39. The van der Waals surface area contributed by atoms with E-state index in [4.69, 9.17) is 19.2 Å². The van der Waals surface area contributed by atoms with Gasteiger partial charge in [0.1, 0.15) is 11.2 Å². The van der Waals surface area contributed by atoms with Crippen LogP contribution in [0.2, 0.25) is 0 Å². The third-order valence-electron chi connectivity index (χ3n) is 7.32. The number of aromatic nitrogens is 2. The van der Waals surface area contributed by atoms with Gasteiger partial charge in [0.15, 0.2) is 11.5 Å². The Balaban J connectivity index is 1.22. The van der Waals surface area contributed by atoms with Gasteiger partial charge >= 0.3 is 0 Å². The predicted molar refractivity (Wildman–Crippen MR) is 142 cm³/mol. The Bertz CT molecular complexity index is 1160. The van der Waals surface area contributed by atoms with Crippen molar-refractivity contribution in [2.45, 2.75) is 90.7 Å². The number of anilines is 1. The molecule has 4 heterocycles. The average Bonchev–Trinajstić information content (AvgIpc) is 2.98. The number of ether oxygens (including phenoxy) is 3. The SMILES string of the molecule is CCOc1cc(CN2CCC(Nc3ncc4c(n3)C(C)(C)OC4(C)C)CC2)cc2c1OC(C)(C)C=C2. The van der Waals surface area contributed by atoms with Crippen LogP contribution in [0.15, 0.2) is 24.4 Å². The molecular weight excluding hydrogens is 452 g/mol. The molecule has 1 saturated heterocycles. The quantitative estimate of drug-likeness (QED) is 0.560. The van der Waals surface area contributed by atoms with E-state index < -0.39 is 5.60 Å². The fraction of sp³-hybridized carbons (Fsp3) is 0.586. The van der Waals surface area contributed by atoms with E-state index in [0.717, 1.165) is 60.8 Å². The number of rotatable bonds is 6. The van der Waals surface area contributed by atoms with Crippen molar-refractivity contribution >= 4 is 12.0 Å². The molecule has 0 saturated carbocycles. The fourth-order valence-corrected chi connectivity index (χ4v) is 5.63. The first kappa shape index (κ1) is 25.0. The van der Waals surface area contributed by atoms with Crippen molar-refractivity contribution in [2.24, 2.45) is 0 Å². The number of fused-ring (bicyclic) bond motifs is 2. The van der Waals surface area contributed by atoms with Crippen molar-refractivity contribution in [2.75, 3.05) is 25.0 Å². The Labute approximate surface area is 215 Å². The summed E-state index contributed by atoms with van der Waals surface area (Å²) in [6, 6.07) is 4.74. The van der Waals surface area contributed by atoms with Crippen LogP contribution >= 0.6 is 0 Å². The van der Waals surface area contributed by atoms with Gasteiger partial charge in [0.05, 0.1) is 17.9 Å². The largest absolute Gasteiger partial charge is 0.490 e. The van der Waals surface area contributed by atoms with E-state index in [-0.39, 0.29) is 11.2 Å². The summed E-state index contributed by atoms with van der Waals surface area (Å²) >= 11 is 0. The fourth-order valence-electron chi connectivity index (χ4n) is 5.63. The number of benzene rings is 1. The van der Waals surface area contributed by atoms with E-state index in [1.54, 1.807) is 0 Å². The number of hydrogen-bond acceptors (Lipinski definition) is 7. The second-order valence-corrected chi connectivity index (χ2v) is 11.8. The highest BCUT2D eigenvalue weighted by atomic mass is 16.5. The highest BCUT2D eigenvalue weighted by Crippen LogP contribution is 2.45. The first-order valence-corrected chi connectivity index (χ1v) is 13.2. The number of piperidine rings is 1. The van der Waals surface area contributed by atoms with Crippen molar-refractivity contribution < 1.29 is 14.2 Å². The number of nitrogens with one attached hydrogen (secondary N) is 1. The molecular formula is C29H40N4O3. The summed E-state index contributed by atoms with van der Waals surface area (Å²) in [7, 11) is 0. The van der Waals surface area contributed by atoms with Gasteiger partial charge in [0, 0.05) is 43.0 Å². The second kappa shape index (κ2) is 9.03. The molecule has 0 atom stereocenters. The van der Waals surface area contributed by atoms with Crippen LogP contribution in [0.3, 0.4) is 0 Å². The molecule has 0 unspecified atom stereocenters. The molecule has 3 aliphatic rings. The topological polar surface area (TPSA) is 68.7 Å². The number of nitrogens with zero attached hydrogens (tertiary/aromatic N) is 3. The van der Waals surface area contributed by atoms with Crippen LogP contribution in [0, 0.1) is 0 Å². The van der Waals surface area contributed by atoms with Crippen molar-refractivity contribution in [3.63, 3.8) is 0 Å². The zero-order valence-electron chi connectivity index (χ0n) is 22.8. The van der Waals surface area contributed by atoms with E-state index in [2.05, 4.69) is 81.0 Å². The molecule has 2 aromatic rings. The van der Waals surface area contributed by atoms with Gasteiger partial charge in [-0.15, -0.1) is 0 Å². The summed E-state index contributed by atoms with van der Waals surface area (Å²) in [5, 5.41) is 3.58. The molecule has 7 heteroatoms. The third-order valence-corrected chi connectivity index (χ3v) is 7.32. The minimum atomic E-state index is -0.410. The second-order valence-electron chi connectivity index (χ2n) is 11.8. The van der Waals surface area contributed by atoms with Crippen LogP contribution < -0.4 is 14.8 Å². The molecule has 0 radical (unpaired) electrons. The molecule has 1 aromatic heterocycles. The minimum Gasteiger partial charge on any atom is -0.490 e. The summed E-state index contributed by atoms with van der Waals surface area (Å²) in [5.41, 5.74) is 3.32. The lowest BCUT2D eigenvalue weighted by Crippen LogP contribution is -2.39. The van der Waals surface area contributed by atoms with Crippen LogP contribution in [0.25, 0.3) is 6.08 Å². The van der Waals surface area contributed by atoms with E-state index >= 15 is 0 Å². The molecule has 0 spiro atoms. The van der Waals surface area contributed by atoms with E-state index in [0.29, 0.717) is 18.6 Å². The van der Waals surface area contributed by atoms with Gasteiger partial charge < -0.3 is 19.5 Å². The van der Waals surface area contributed by atoms with Gasteiger partial charge in [0.2, 0.25) is 5.95 Å². The maximum atomic E-state index is 6.23. The maximum absolute atomic E-state index is 6.23. The summed E-state index contributed by atoms with van der Waals surface area (Å²) in [6.07, 6.45) is 8.30. The van der Waals surface area contributed by atoms with Crippen molar-refractivity contribution in [1.29, 1.82) is 0 Å². The van der Waals surface area contributed by atoms with Crippen molar-refractivity contribution in [1.82, 2.24) is 14.9 Å². The zero-order chi connectivity index (χ0) is 25.7. The highest BCUT2D eigenvalue weighted by Gasteiger charge is 2.45. The van der Waals surface area contributed by atoms with Gasteiger partial charge in [-0.25, -0.2) is 9.97 Å². The standard InChI is InChI=1S/C29H40N4O3/c1-8-34-23-16-19(15-20-9-12-27(2,3)35-24(20)23)18-33-13-10-21(11-14-33)31-26-30-17-22-25(32-26)29(6,7)36-28(22,4)5/h9,12,15-17,21H,8,10-11,13-14,18H2,1-7H3,(H,30,31,32). The van der Waals surface area contributed by atoms with E-state index in [1.165, 1.54) is 5.56 Å². The van der Waals surface area contributed by atoms with Gasteiger partial charge in [-0.05, 0) is 85.1 Å². The first-order chi connectivity index (χ1) is 17.0. The maximum Gasteiger partial charge on any atom is 0.223 e. The van der Waals surface area contributed by atoms with Crippen LogP contribution in [0.1, 0.15) is 83.7 Å². The Kier molecular flexibility index (Phi) is 6.28. The summed E-state index contributed by atoms with van der Waals surface area (Å²) in [4.78, 5) is 12.0. The van der Waals surface area contributed by atoms with E-state index in [1.807, 2.05) is 13.1 Å². The third kappa shape index (κ3) is 4.96. The van der Waals surface area contributed by atoms with Crippen molar-refractivity contribution in [3.8, 4) is 11.5 Å². The van der Waals surface area contributed by atoms with E-state index in [9.17, 15) is 0 Å². The predicted octanol–water partition coefficient (Wildman–Crippen LogP) is 5.64. The number of hydrogen-bond donors (Lipinski definition) is 1. The lowest BCUT2D eigenvalue weighted by Gasteiger charge is -2.33. The lowest BCUT2D eigenvalue weighted by molar-refractivity contribution is -0.106. The molecule has 5 rings (SSSR count). The molecule has 0 bridgehead atoms. The lowest BCUT2D eigenvalue weighted by atomic mass is 9.97. The molecule has 0 amide bonds. The molecule has 36 heavy (non-hydrogen) atoms. The molecule has 1 N–H and O–H groups in total. The number of likely N-dealkylation sites (tertiary alicyclic amines) is 1. The van der Waals surface area contributed by atoms with Gasteiger partial charge in [-0.3, -0.25) is 4.90 Å². The zero-order valence-corrected chi connectivity index (χ0v) is 22.8. The molecule has 0 aliphatic carbocycles. The van der Waals surface area contributed by atoms with Gasteiger partial charge in [0.25, 0.3) is 0 Å². The molecule has 3 aliphatic heterocycles. The summed E-state index contributed by atoms with van der Waals surface area (Å²) in [6.45, 7) is 18.0. The smallest absolute Gasteiger partial charge is 0.223 e. The first-order valence-electron chi connectivity index (χ1n) is 13.2. The van der Waals surface area contributed by atoms with Crippen LogP contribution in [0.4, 0.5) is 5.95 Å². The highest BCUT2D eigenvalue weighted by molar-refractivity contribution is 5.66. The monoisotopic (exact) mass is 492 g/mol. The Morgan fingerprint density at radius 2 is 1.83 bits per heavy atom. The average molecular weight is 493 g/mol. The normalized spacial score (nSPS) is 22.0. The van der Waals surface area contributed by atoms with Crippen LogP contribution in [-0.2, 0) is 22.5 Å². The minimum absolute atomic E-state index is 0.323. The van der Waals surface area contributed by atoms with Gasteiger partial charge in [-0.2, -0.15) is 0 Å². The molecule has 1 aromatic carbocycles. The Morgan fingerprint density at radius 3 is 2.56 bits per heavy atom. The van der Waals surface area contributed by atoms with Crippen LogP contribution in [-0.4, -0.2) is 46.2 Å². The summed E-state index contributed by atoms with van der Waals surface area (Å²) < 4.78 is 18.4. The Hall–Kier alpha value is -2.64.